The van der Waals surface area contributed by atoms with Crippen LogP contribution in [0, 0.1) is 17.8 Å². The van der Waals surface area contributed by atoms with Gasteiger partial charge in [0.25, 0.3) is 5.91 Å². The Morgan fingerprint density at radius 1 is 1.38 bits per heavy atom. The molecule has 2 fully saturated rings. The number of carbonyl (C=O) groups is 1. The van der Waals surface area contributed by atoms with E-state index in [0.29, 0.717) is 11.0 Å². The molecule has 5 atom stereocenters. The summed E-state index contributed by atoms with van der Waals surface area (Å²) < 4.78 is 6.98. The van der Waals surface area contributed by atoms with Gasteiger partial charge in [0.05, 0.1) is 11.6 Å². The van der Waals surface area contributed by atoms with Crippen LogP contribution in [0.4, 0.5) is 5.82 Å². The average Bonchev–Trinajstić information content (AvgIpc) is 3.36. The summed E-state index contributed by atoms with van der Waals surface area (Å²) in [5.74, 6) is 5.71. The number of fused-ring (bicyclic) bond motifs is 1. The van der Waals surface area contributed by atoms with Gasteiger partial charge in [0.2, 0.25) is 0 Å². The van der Waals surface area contributed by atoms with Crippen molar-refractivity contribution < 1.29 is 24.9 Å². The van der Waals surface area contributed by atoms with Gasteiger partial charge in [-0.3, -0.25) is 4.79 Å². The highest BCUT2D eigenvalue weighted by Gasteiger charge is 2.47. The molecule has 10 heteroatoms. The fourth-order valence-electron chi connectivity index (χ4n) is 3.02. The molecule has 1 aliphatic carbocycles. The normalized spacial score (nSPS) is 27.3. The van der Waals surface area contributed by atoms with Crippen LogP contribution in [0.15, 0.2) is 24.7 Å². The molecule has 29 heavy (non-hydrogen) atoms. The lowest BCUT2D eigenvalue weighted by Crippen LogP contribution is -2.38. The van der Waals surface area contributed by atoms with Crippen LogP contribution < -0.4 is 5.32 Å². The number of nitrogens with zero attached hydrogens (tertiary/aromatic N) is 4. The summed E-state index contributed by atoms with van der Waals surface area (Å²) in [6, 6.07) is 0. The van der Waals surface area contributed by atoms with Crippen LogP contribution in [0.5, 0.6) is 0 Å². The molecule has 0 spiro atoms. The number of anilines is 1. The number of hydrogen-bond acceptors (Lipinski definition) is 8. The summed E-state index contributed by atoms with van der Waals surface area (Å²) in [5.41, 5.74) is 0.596. The average molecular weight is 399 g/mol. The quantitative estimate of drug-likeness (QED) is 0.407. The van der Waals surface area contributed by atoms with E-state index in [4.69, 9.17) is 4.74 Å². The maximum atomic E-state index is 11.9. The molecule has 0 aromatic carbocycles. The zero-order valence-corrected chi connectivity index (χ0v) is 15.7. The number of amides is 1. The minimum Gasteiger partial charge on any atom is -0.387 e. The van der Waals surface area contributed by atoms with E-state index in [9.17, 15) is 20.1 Å². The van der Waals surface area contributed by atoms with Crippen molar-refractivity contribution in [3.8, 4) is 11.8 Å². The lowest BCUT2D eigenvalue weighted by Gasteiger charge is -2.16. The van der Waals surface area contributed by atoms with Crippen molar-refractivity contribution in [2.45, 2.75) is 50.4 Å². The standard InChI is InChI=1S/C19H21N5O5/c1-9(2)18(28)23-16-11-7-22-24(17(11)21-8-20-16)19-14(27)13(26)15(29-19)12(25)6-5-10-3-4-10/h7-8,10,12-15,19,25-27H,1,3-4H2,2H3,(H,20,21,23,28)/t12?,13-,14+,15+,19+/m0/s1. The van der Waals surface area contributed by atoms with Crippen molar-refractivity contribution in [3.63, 3.8) is 0 Å². The largest absolute Gasteiger partial charge is 0.387 e. The number of aliphatic hydroxyl groups is 3. The summed E-state index contributed by atoms with van der Waals surface area (Å²) in [5, 5.41) is 38.3. The summed E-state index contributed by atoms with van der Waals surface area (Å²) >= 11 is 0. The van der Waals surface area contributed by atoms with Gasteiger partial charge in [-0.05, 0) is 19.8 Å². The van der Waals surface area contributed by atoms with Crippen LogP contribution in [0.25, 0.3) is 11.0 Å². The molecule has 2 aliphatic rings. The third kappa shape index (κ3) is 3.73. The van der Waals surface area contributed by atoms with Gasteiger partial charge in [0.15, 0.2) is 11.9 Å². The highest BCUT2D eigenvalue weighted by molar-refractivity contribution is 6.06. The van der Waals surface area contributed by atoms with Gasteiger partial charge in [-0.25, -0.2) is 14.6 Å². The number of hydrogen-bond donors (Lipinski definition) is 4. The molecule has 2 aromatic rings. The zero-order valence-electron chi connectivity index (χ0n) is 15.7. The van der Waals surface area contributed by atoms with Crippen molar-refractivity contribution >= 4 is 22.8 Å². The molecule has 1 saturated heterocycles. The van der Waals surface area contributed by atoms with E-state index < -0.39 is 36.6 Å². The van der Waals surface area contributed by atoms with Gasteiger partial charge in [0, 0.05) is 11.5 Å². The number of carbonyl (C=O) groups excluding carboxylic acids is 1. The maximum absolute atomic E-state index is 11.9. The minimum absolute atomic E-state index is 0.231. The third-order valence-electron chi connectivity index (χ3n) is 4.85. The fourth-order valence-corrected chi connectivity index (χ4v) is 3.02. The Labute approximate surface area is 166 Å². The van der Waals surface area contributed by atoms with Crippen LogP contribution >= 0.6 is 0 Å². The first-order valence-corrected chi connectivity index (χ1v) is 9.22. The Balaban J connectivity index is 1.60. The molecular weight excluding hydrogens is 378 g/mol. The molecule has 1 amide bonds. The van der Waals surface area contributed by atoms with Crippen LogP contribution in [0.1, 0.15) is 26.0 Å². The first-order valence-electron chi connectivity index (χ1n) is 9.22. The summed E-state index contributed by atoms with van der Waals surface area (Å²) in [6.07, 6.45) is -1.48. The van der Waals surface area contributed by atoms with Crippen LogP contribution in [-0.4, -0.2) is 65.4 Å². The predicted octanol–water partition coefficient (Wildman–Crippen LogP) is -0.266. The molecule has 0 bridgehead atoms. The van der Waals surface area contributed by atoms with Gasteiger partial charge in [0.1, 0.15) is 36.6 Å². The second-order valence-corrected chi connectivity index (χ2v) is 7.26. The van der Waals surface area contributed by atoms with Gasteiger partial charge < -0.3 is 25.4 Å². The first kappa shape index (κ1) is 19.5. The van der Waals surface area contributed by atoms with Crippen molar-refractivity contribution in [3.05, 3.63) is 24.7 Å². The minimum atomic E-state index is -1.36. The van der Waals surface area contributed by atoms with Crippen LogP contribution in [0.2, 0.25) is 0 Å². The molecule has 3 heterocycles. The first-order chi connectivity index (χ1) is 13.9. The van der Waals surface area contributed by atoms with Crippen LogP contribution in [0.3, 0.4) is 0 Å². The van der Waals surface area contributed by atoms with Gasteiger partial charge in [-0.1, -0.05) is 18.4 Å². The van der Waals surface area contributed by atoms with Crippen molar-refractivity contribution in [2.24, 2.45) is 5.92 Å². The van der Waals surface area contributed by atoms with E-state index in [0.717, 1.165) is 12.8 Å². The Morgan fingerprint density at radius 2 is 2.14 bits per heavy atom. The molecule has 1 saturated carbocycles. The summed E-state index contributed by atoms with van der Waals surface area (Å²) in [7, 11) is 0. The number of ether oxygens (including phenoxy) is 1. The molecular formula is C19H21N5O5. The summed E-state index contributed by atoms with van der Waals surface area (Å²) in [6.45, 7) is 5.15. The second kappa shape index (κ2) is 7.53. The smallest absolute Gasteiger partial charge is 0.251 e. The van der Waals surface area contributed by atoms with Crippen molar-refractivity contribution in [2.75, 3.05) is 5.32 Å². The second-order valence-electron chi connectivity index (χ2n) is 7.26. The van der Waals surface area contributed by atoms with Gasteiger partial charge >= 0.3 is 0 Å². The lowest BCUT2D eigenvalue weighted by atomic mass is 10.1. The van der Waals surface area contributed by atoms with Gasteiger partial charge in [-0.15, -0.1) is 0 Å². The Hall–Kier alpha value is -2.84. The summed E-state index contributed by atoms with van der Waals surface area (Å²) in [4.78, 5) is 20.1. The maximum Gasteiger partial charge on any atom is 0.251 e. The molecule has 10 nitrogen and oxygen atoms in total. The monoisotopic (exact) mass is 399 g/mol. The lowest BCUT2D eigenvalue weighted by molar-refractivity contribution is -0.112. The number of rotatable bonds is 4. The van der Waals surface area contributed by atoms with E-state index in [-0.39, 0.29) is 17.4 Å². The molecule has 0 radical (unpaired) electrons. The van der Waals surface area contributed by atoms with E-state index >= 15 is 0 Å². The molecule has 1 aliphatic heterocycles. The van der Waals surface area contributed by atoms with E-state index in [1.165, 1.54) is 17.2 Å². The fraction of sp³-hybridized carbons (Fsp3) is 0.474. The molecule has 2 aromatic heterocycles. The SMILES string of the molecule is C=C(C)C(=O)Nc1ncnc2c1cnn2[C@@H]1O[C@H](C(O)C#CC2CC2)[C@@H](O)[C@H]1O. The van der Waals surface area contributed by atoms with E-state index in [1.807, 2.05) is 0 Å². The predicted molar refractivity (Wildman–Crippen MR) is 101 cm³/mol. The number of aromatic nitrogens is 4. The highest BCUT2D eigenvalue weighted by atomic mass is 16.6. The Kier molecular flexibility index (Phi) is 5.06. The van der Waals surface area contributed by atoms with E-state index in [2.05, 4.69) is 38.8 Å². The zero-order chi connectivity index (χ0) is 20.7. The molecule has 1 unspecified atom stereocenters. The third-order valence-corrected chi connectivity index (χ3v) is 4.85. The van der Waals surface area contributed by atoms with Crippen molar-refractivity contribution in [1.82, 2.24) is 19.7 Å². The Bertz CT molecular complexity index is 1020. The topological polar surface area (TPSA) is 143 Å². The molecule has 4 rings (SSSR count). The van der Waals surface area contributed by atoms with Crippen LogP contribution in [-0.2, 0) is 9.53 Å². The van der Waals surface area contributed by atoms with E-state index in [1.54, 1.807) is 6.92 Å². The highest BCUT2D eigenvalue weighted by Crippen LogP contribution is 2.33. The Morgan fingerprint density at radius 3 is 2.83 bits per heavy atom. The molecule has 152 valence electrons. The number of nitrogens with one attached hydrogen (secondary N) is 1. The number of aliphatic hydroxyl groups excluding tert-OH is 3. The molecule has 4 N–H and O–H groups in total. The van der Waals surface area contributed by atoms with Crippen molar-refractivity contribution in [1.29, 1.82) is 0 Å². The van der Waals surface area contributed by atoms with Gasteiger partial charge in [-0.2, -0.15) is 5.10 Å².